The summed E-state index contributed by atoms with van der Waals surface area (Å²) < 4.78 is 4.68. The highest BCUT2D eigenvalue weighted by molar-refractivity contribution is 8.03. The van der Waals surface area contributed by atoms with E-state index >= 15 is 0 Å². The van der Waals surface area contributed by atoms with Crippen LogP contribution in [0.5, 0.6) is 0 Å². The molecule has 0 amide bonds. The molecule has 0 aliphatic carbocycles. The Morgan fingerprint density at radius 3 is 2.82 bits per heavy atom. The van der Waals surface area contributed by atoms with Crippen LogP contribution in [0.4, 0.5) is 0 Å². The van der Waals surface area contributed by atoms with Crippen LogP contribution in [0.2, 0.25) is 0 Å². The van der Waals surface area contributed by atoms with Gasteiger partial charge in [-0.2, -0.15) is 0 Å². The average Bonchev–Trinajstić information content (AvgIpc) is 1.97. The largest absolute Gasteiger partial charge is 0.449 e. The minimum Gasteiger partial charge on any atom is -0.449 e. The van der Waals surface area contributed by atoms with Gasteiger partial charge in [0.15, 0.2) is 6.61 Å². The van der Waals surface area contributed by atoms with Gasteiger partial charge >= 0.3 is 5.97 Å². The van der Waals surface area contributed by atoms with Gasteiger partial charge in [-0.25, -0.2) is 4.79 Å². The molecule has 0 aliphatic rings. The molecule has 11 heavy (non-hydrogen) atoms. The fourth-order valence-electron chi connectivity index (χ4n) is 0.326. The van der Waals surface area contributed by atoms with E-state index in [2.05, 4.69) is 22.5 Å². The Bertz CT molecular complexity index is 210. The fraction of sp³-hybridized carbons (Fsp3) is 0.375. The van der Waals surface area contributed by atoms with Crippen LogP contribution in [0.1, 0.15) is 6.92 Å². The van der Waals surface area contributed by atoms with Gasteiger partial charge in [0.2, 0.25) is 0 Å². The standard InChI is InChI=1S/C8H10O2S/c1-7(2)8(9)10-5-4-6-11-3/h1,5H2,2-3H3. The third-order valence-electron chi connectivity index (χ3n) is 0.798. The van der Waals surface area contributed by atoms with E-state index in [4.69, 9.17) is 0 Å². The third-order valence-corrected chi connectivity index (χ3v) is 1.15. The molecule has 0 aliphatic heterocycles. The lowest BCUT2D eigenvalue weighted by Gasteiger charge is -1.96. The molecule has 0 aromatic carbocycles. The van der Waals surface area contributed by atoms with Crippen LogP contribution in [0.3, 0.4) is 0 Å². The second-order valence-electron chi connectivity index (χ2n) is 1.84. The van der Waals surface area contributed by atoms with E-state index in [0.717, 1.165) is 0 Å². The highest BCUT2D eigenvalue weighted by Gasteiger charge is 1.99. The first-order valence-corrected chi connectivity index (χ1v) is 4.24. The molecule has 2 nitrogen and oxygen atoms in total. The maximum Gasteiger partial charge on any atom is 0.334 e. The van der Waals surface area contributed by atoms with Gasteiger partial charge in [0, 0.05) is 5.57 Å². The number of rotatable bonds is 2. The van der Waals surface area contributed by atoms with Crippen LogP contribution >= 0.6 is 11.8 Å². The maximum atomic E-state index is 10.7. The molecule has 0 unspecified atom stereocenters. The molecule has 0 saturated carbocycles. The van der Waals surface area contributed by atoms with E-state index in [1.807, 2.05) is 6.26 Å². The predicted molar refractivity (Wildman–Crippen MR) is 47.1 cm³/mol. The number of hydrogen-bond donors (Lipinski definition) is 0. The van der Waals surface area contributed by atoms with E-state index < -0.39 is 0 Å². The first-order valence-electron chi connectivity index (χ1n) is 3.02. The molecular formula is C8H10O2S. The molecule has 0 fully saturated rings. The predicted octanol–water partition coefficient (Wildman–Crippen LogP) is 1.43. The number of thioether (sulfide) groups is 1. The SMILES string of the molecule is C=C(C)C(=O)OCC#CSC. The third kappa shape index (κ3) is 5.56. The maximum absolute atomic E-state index is 10.7. The van der Waals surface area contributed by atoms with Gasteiger partial charge in [0.1, 0.15) is 0 Å². The topological polar surface area (TPSA) is 26.3 Å². The van der Waals surface area contributed by atoms with Crippen LogP contribution in [0.25, 0.3) is 0 Å². The summed E-state index contributed by atoms with van der Waals surface area (Å²) in [7, 11) is 0. The van der Waals surface area contributed by atoms with E-state index in [0.29, 0.717) is 5.57 Å². The van der Waals surface area contributed by atoms with Crippen molar-refractivity contribution in [1.29, 1.82) is 0 Å². The zero-order valence-corrected chi connectivity index (χ0v) is 7.46. The Hall–Kier alpha value is -0.880. The summed E-state index contributed by atoms with van der Waals surface area (Å²) in [4.78, 5) is 10.7. The number of carbonyl (C=O) groups is 1. The van der Waals surface area contributed by atoms with Crippen molar-refractivity contribution in [1.82, 2.24) is 0 Å². The molecule has 0 atom stereocenters. The Morgan fingerprint density at radius 2 is 2.36 bits per heavy atom. The van der Waals surface area contributed by atoms with Crippen LogP contribution in [-0.4, -0.2) is 18.8 Å². The number of hydrogen-bond acceptors (Lipinski definition) is 3. The van der Waals surface area contributed by atoms with Crippen molar-refractivity contribution in [3.8, 4) is 11.2 Å². The number of ether oxygens (including phenoxy) is 1. The smallest absolute Gasteiger partial charge is 0.334 e. The molecule has 0 spiro atoms. The summed E-state index contributed by atoms with van der Waals surface area (Å²) >= 11 is 1.39. The lowest BCUT2D eigenvalue weighted by molar-refractivity contribution is -0.137. The van der Waals surface area contributed by atoms with Gasteiger partial charge in [-0.3, -0.25) is 0 Å². The molecule has 3 heteroatoms. The fourth-order valence-corrected chi connectivity index (χ4v) is 0.530. The Balaban J connectivity index is 3.55. The minimum atomic E-state index is -0.389. The van der Waals surface area contributed by atoms with Gasteiger partial charge in [-0.1, -0.05) is 18.3 Å². The van der Waals surface area contributed by atoms with E-state index in [-0.39, 0.29) is 12.6 Å². The molecule has 0 aromatic heterocycles. The van der Waals surface area contributed by atoms with Crippen molar-refractivity contribution in [3.63, 3.8) is 0 Å². The van der Waals surface area contributed by atoms with Gasteiger partial charge in [0.25, 0.3) is 0 Å². The summed E-state index contributed by atoms with van der Waals surface area (Å²) in [5.74, 6) is 2.26. The number of carbonyl (C=O) groups excluding carboxylic acids is 1. The summed E-state index contributed by atoms with van der Waals surface area (Å²) in [5.41, 5.74) is 0.399. The Kier molecular flexibility index (Phi) is 5.40. The lowest BCUT2D eigenvalue weighted by atomic mass is 10.4. The van der Waals surface area contributed by atoms with Gasteiger partial charge in [-0.05, 0) is 24.4 Å². The van der Waals surface area contributed by atoms with E-state index in [1.165, 1.54) is 11.8 Å². The highest BCUT2D eigenvalue weighted by Crippen LogP contribution is 1.91. The molecule has 0 heterocycles. The lowest BCUT2D eigenvalue weighted by Crippen LogP contribution is -2.04. The molecular weight excluding hydrogens is 160 g/mol. The first kappa shape index (κ1) is 10.1. The molecule has 60 valence electrons. The van der Waals surface area contributed by atoms with Gasteiger partial charge < -0.3 is 4.74 Å². The first-order chi connectivity index (χ1) is 5.18. The molecule has 0 N–H and O–H groups in total. The molecule has 0 rings (SSSR count). The van der Waals surface area contributed by atoms with E-state index in [9.17, 15) is 4.79 Å². The summed E-state index contributed by atoms with van der Waals surface area (Å²) in [6.07, 6.45) is 1.85. The van der Waals surface area contributed by atoms with Crippen LogP contribution < -0.4 is 0 Å². The van der Waals surface area contributed by atoms with Crippen LogP contribution in [-0.2, 0) is 9.53 Å². The number of esters is 1. The second kappa shape index (κ2) is 5.87. The normalized spacial score (nSPS) is 7.82. The molecule has 0 radical (unpaired) electrons. The van der Waals surface area contributed by atoms with E-state index in [1.54, 1.807) is 6.92 Å². The van der Waals surface area contributed by atoms with Crippen molar-refractivity contribution in [3.05, 3.63) is 12.2 Å². The highest BCUT2D eigenvalue weighted by atomic mass is 32.2. The molecule has 0 aromatic rings. The van der Waals surface area contributed by atoms with Crippen molar-refractivity contribution in [2.75, 3.05) is 12.9 Å². The van der Waals surface area contributed by atoms with Crippen LogP contribution in [0.15, 0.2) is 12.2 Å². The summed E-state index contributed by atoms with van der Waals surface area (Å²) in [6, 6.07) is 0. The quantitative estimate of drug-likeness (QED) is 0.356. The summed E-state index contributed by atoms with van der Waals surface area (Å²) in [6.45, 7) is 5.17. The van der Waals surface area contributed by atoms with Crippen molar-refractivity contribution >= 4 is 17.7 Å². The van der Waals surface area contributed by atoms with Crippen molar-refractivity contribution in [2.24, 2.45) is 0 Å². The van der Waals surface area contributed by atoms with Gasteiger partial charge in [0.05, 0.1) is 0 Å². The zero-order valence-electron chi connectivity index (χ0n) is 6.64. The van der Waals surface area contributed by atoms with Gasteiger partial charge in [-0.15, -0.1) is 0 Å². The van der Waals surface area contributed by atoms with Crippen molar-refractivity contribution in [2.45, 2.75) is 6.92 Å². The Morgan fingerprint density at radius 1 is 1.73 bits per heavy atom. The zero-order chi connectivity index (χ0) is 8.69. The minimum absolute atomic E-state index is 0.145. The summed E-state index contributed by atoms with van der Waals surface area (Å²) in [5, 5.41) is 2.70. The van der Waals surface area contributed by atoms with Crippen molar-refractivity contribution < 1.29 is 9.53 Å². The molecule has 0 saturated heterocycles. The van der Waals surface area contributed by atoms with Crippen LogP contribution in [0, 0.1) is 11.2 Å². The molecule has 0 bridgehead atoms. The second-order valence-corrected chi connectivity index (χ2v) is 2.45. The monoisotopic (exact) mass is 170 g/mol. The average molecular weight is 170 g/mol. The Labute approximate surface area is 71.0 Å².